The van der Waals surface area contributed by atoms with Gasteiger partial charge in [0, 0.05) is 41.4 Å². The number of rotatable bonds is 7. The summed E-state index contributed by atoms with van der Waals surface area (Å²) in [4.78, 5) is 17.1. The zero-order chi connectivity index (χ0) is 21.0. The molecule has 4 atom stereocenters. The third-order valence-corrected chi connectivity index (χ3v) is 7.63. The summed E-state index contributed by atoms with van der Waals surface area (Å²) < 4.78 is 11.4. The van der Waals surface area contributed by atoms with Gasteiger partial charge in [0.05, 0.1) is 0 Å². The highest BCUT2D eigenvalue weighted by molar-refractivity contribution is 7.99. The molecule has 0 N–H and O–H groups in total. The Morgan fingerprint density at radius 2 is 2.07 bits per heavy atom. The number of hydrogen-bond acceptors (Lipinski definition) is 6. The summed E-state index contributed by atoms with van der Waals surface area (Å²) >= 11 is 14.5. The Morgan fingerprint density at radius 1 is 1.34 bits per heavy atom. The van der Waals surface area contributed by atoms with E-state index in [2.05, 4.69) is 23.6 Å². The van der Waals surface area contributed by atoms with Crippen LogP contribution in [0.3, 0.4) is 0 Å². The van der Waals surface area contributed by atoms with E-state index in [4.69, 9.17) is 32.7 Å². The van der Waals surface area contributed by atoms with E-state index in [9.17, 15) is 4.79 Å². The molecule has 0 aliphatic carbocycles. The van der Waals surface area contributed by atoms with Gasteiger partial charge in [0.2, 0.25) is 0 Å². The molecule has 2 fully saturated rings. The summed E-state index contributed by atoms with van der Waals surface area (Å²) in [6, 6.07) is 5.89. The molecule has 0 saturated carbocycles. The van der Waals surface area contributed by atoms with Gasteiger partial charge in [-0.15, -0.1) is 11.8 Å². The van der Waals surface area contributed by atoms with Gasteiger partial charge in [0.1, 0.15) is 5.50 Å². The van der Waals surface area contributed by atoms with Crippen molar-refractivity contribution in [1.82, 2.24) is 9.80 Å². The van der Waals surface area contributed by atoms with E-state index in [0.29, 0.717) is 28.4 Å². The van der Waals surface area contributed by atoms with E-state index in [-0.39, 0.29) is 17.7 Å². The molecule has 0 amide bonds. The van der Waals surface area contributed by atoms with Gasteiger partial charge in [0.25, 0.3) is 0 Å². The van der Waals surface area contributed by atoms with E-state index in [1.54, 1.807) is 11.8 Å². The van der Waals surface area contributed by atoms with Crippen molar-refractivity contribution in [3.8, 4) is 0 Å². The molecule has 0 bridgehead atoms. The highest BCUT2D eigenvalue weighted by atomic mass is 35.5. The molecule has 2 aliphatic rings. The molecule has 0 aromatic heterocycles. The van der Waals surface area contributed by atoms with E-state index < -0.39 is 6.10 Å². The summed E-state index contributed by atoms with van der Waals surface area (Å²) in [5, 5.41) is 1.36. The van der Waals surface area contributed by atoms with Crippen LogP contribution >= 0.6 is 35.0 Å². The summed E-state index contributed by atoms with van der Waals surface area (Å²) in [7, 11) is 2.02. The molecule has 2 saturated heterocycles. The summed E-state index contributed by atoms with van der Waals surface area (Å²) in [5.74, 6) is 0.445. The van der Waals surface area contributed by atoms with Crippen molar-refractivity contribution < 1.29 is 14.3 Å². The molecule has 5 nitrogen and oxygen atoms in total. The first-order chi connectivity index (χ1) is 13.9. The van der Waals surface area contributed by atoms with Crippen LogP contribution in [0.2, 0.25) is 10.0 Å². The fourth-order valence-corrected chi connectivity index (χ4v) is 6.11. The van der Waals surface area contributed by atoms with Crippen molar-refractivity contribution in [1.29, 1.82) is 0 Å². The maximum absolute atomic E-state index is 12.5. The molecule has 4 unspecified atom stereocenters. The molecule has 2 heterocycles. The van der Waals surface area contributed by atoms with Crippen LogP contribution in [0.15, 0.2) is 18.2 Å². The Labute approximate surface area is 188 Å². The number of thioether (sulfide) groups is 1. The Kier molecular flexibility index (Phi) is 8.54. The Morgan fingerprint density at radius 3 is 2.69 bits per heavy atom. The van der Waals surface area contributed by atoms with Gasteiger partial charge >= 0.3 is 5.97 Å². The number of carbonyl (C=O) groups excluding carboxylic acids is 1. The van der Waals surface area contributed by atoms with Crippen LogP contribution in [-0.2, 0) is 20.0 Å². The maximum Gasteiger partial charge on any atom is 0.336 e. The lowest BCUT2D eigenvalue weighted by Gasteiger charge is -2.49. The van der Waals surface area contributed by atoms with Crippen molar-refractivity contribution in [2.75, 3.05) is 20.2 Å². The second kappa shape index (κ2) is 10.7. The third-order valence-electron chi connectivity index (χ3n) is 5.56. The number of nitrogens with zero attached hydrogens (tertiary/aromatic N) is 2. The zero-order valence-electron chi connectivity index (χ0n) is 17.3. The fourth-order valence-electron chi connectivity index (χ4n) is 3.92. The number of halogens is 2. The predicted molar refractivity (Wildman–Crippen MR) is 119 cm³/mol. The highest BCUT2D eigenvalue weighted by Gasteiger charge is 2.40. The Hall–Kier alpha value is -0.500. The molecule has 1 aromatic rings. The molecule has 1 aromatic carbocycles. The third kappa shape index (κ3) is 5.60. The number of carbonyl (C=O) groups is 1. The monoisotopic (exact) mass is 460 g/mol. The smallest absolute Gasteiger partial charge is 0.336 e. The average Bonchev–Trinajstić information content (AvgIpc) is 3.22. The molecule has 0 radical (unpaired) electrons. The summed E-state index contributed by atoms with van der Waals surface area (Å²) in [6.07, 6.45) is 2.81. The van der Waals surface area contributed by atoms with Crippen LogP contribution in [0.5, 0.6) is 0 Å². The van der Waals surface area contributed by atoms with Gasteiger partial charge in [-0.25, -0.2) is 9.69 Å². The lowest BCUT2D eigenvalue weighted by molar-refractivity contribution is -0.181. The number of ether oxygens (including phenoxy) is 2. The first-order valence-corrected chi connectivity index (χ1v) is 12.1. The van der Waals surface area contributed by atoms with Crippen molar-refractivity contribution in [2.24, 2.45) is 0 Å². The quantitative estimate of drug-likeness (QED) is 0.533. The Balaban J connectivity index is 1.72. The van der Waals surface area contributed by atoms with Gasteiger partial charge in [-0.3, -0.25) is 4.90 Å². The van der Waals surface area contributed by atoms with Gasteiger partial charge in [-0.1, -0.05) is 36.2 Å². The second-order valence-electron chi connectivity index (χ2n) is 7.72. The first kappa shape index (κ1) is 23.2. The molecule has 29 heavy (non-hydrogen) atoms. The number of benzene rings is 1. The van der Waals surface area contributed by atoms with Crippen LogP contribution in [0.1, 0.15) is 45.1 Å². The van der Waals surface area contributed by atoms with Crippen molar-refractivity contribution in [2.45, 2.75) is 69.2 Å². The maximum atomic E-state index is 12.5. The first-order valence-electron chi connectivity index (χ1n) is 10.3. The predicted octanol–water partition coefficient (Wildman–Crippen LogP) is 4.99. The molecular weight excluding hydrogens is 431 g/mol. The van der Waals surface area contributed by atoms with Crippen LogP contribution in [0.4, 0.5) is 0 Å². The molecule has 0 spiro atoms. The lowest BCUT2D eigenvalue weighted by Crippen LogP contribution is -2.60. The molecule has 2 aliphatic heterocycles. The van der Waals surface area contributed by atoms with Gasteiger partial charge < -0.3 is 9.47 Å². The minimum Gasteiger partial charge on any atom is -0.444 e. The topological polar surface area (TPSA) is 42.0 Å². The zero-order valence-corrected chi connectivity index (χ0v) is 19.6. The minimum atomic E-state index is -0.416. The largest absolute Gasteiger partial charge is 0.444 e. The van der Waals surface area contributed by atoms with E-state index in [1.807, 2.05) is 25.2 Å². The van der Waals surface area contributed by atoms with Gasteiger partial charge in [0.15, 0.2) is 12.3 Å². The molecule has 162 valence electrons. The van der Waals surface area contributed by atoms with Crippen LogP contribution in [0, 0.1) is 0 Å². The SMILES string of the molecule is CCCN1C(C)CC(OC(=O)C2CCCO2)N(C)C1SCc1c(Cl)cccc1Cl. The van der Waals surface area contributed by atoms with E-state index in [0.717, 1.165) is 37.8 Å². The molecule has 3 rings (SSSR count). The molecule has 8 heteroatoms. The number of hydrogen-bond donors (Lipinski definition) is 0. The normalized spacial score (nSPS) is 28.6. The van der Waals surface area contributed by atoms with Crippen LogP contribution in [-0.4, -0.2) is 59.8 Å². The highest BCUT2D eigenvalue weighted by Crippen LogP contribution is 2.36. The van der Waals surface area contributed by atoms with Crippen LogP contribution in [0.25, 0.3) is 0 Å². The van der Waals surface area contributed by atoms with Crippen molar-refractivity contribution in [3.05, 3.63) is 33.8 Å². The summed E-state index contributed by atoms with van der Waals surface area (Å²) in [5.41, 5.74) is 1.00. The molecular formula is C21H30Cl2N2O3S. The average molecular weight is 461 g/mol. The van der Waals surface area contributed by atoms with E-state index in [1.165, 1.54) is 0 Å². The van der Waals surface area contributed by atoms with Crippen molar-refractivity contribution in [3.63, 3.8) is 0 Å². The van der Waals surface area contributed by atoms with Crippen LogP contribution < -0.4 is 0 Å². The fraction of sp³-hybridized carbons (Fsp3) is 0.667. The minimum absolute atomic E-state index is 0.0633. The van der Waals surface area contributed by atoms with Gasteiger partial charge in [-0.2, -0.15) is 0 Å². The Bertz CT molecular complexity index is 682. The number of esters is 1. The van der Waals surface area contributed by atoms with Crippen molar-refractivity contribution >= 4 is 40.9 Å². The standard InChI is InChI=1S/C21H30Cl2N2O3S/c1-4-10-25-14(2)12-19(28-20(26)18-9-6-11-27-18)24(3)21(25)29-13-15-16(22)7-5-8-17(15)23/h5,7-8,14,18-19,21H,4,6,9-13H2,1-3H3. The lowest BCUT2D eigenvalue weighted by atomic mass is 10.1. The summed E-state index contributed by atoms with van der Waals surface area (Å²) in [6.45, 7) is 6.00. The second-order valence-corrected chi connectivity index (χ2v) is 9.58. The van der Waals surface area contributed by atoms with Gasteiger partial charge in [-0.05, 0) is 50.9 Å². The van der Waals surface area contributed by atoms with E-state index >= 15 is 0 Å².